The highest BCUT2D eigenvalue weighted by Crippen LogP contribution is 2.22. The van der Waals surface area contributed by atoms with Crippen LogP contribution in [0.5, 0.6) is 5.75 Å². The molecule has 0 bridgehead atoms. The maximum atomic E-state index is 9.75. The maximum absolute atomic E-state index is 9.75. The van der Waals surface area contributed by atoms with Crippen LogP contribution in [0.3, 0.4) is 0 Å². The van der Waals surface area contributed by atoms with Gasteiger partial charge in [-0.05, 0) is 36.4 Å². The van der Waals surface area contributed by atoms with Crippen LogP contribution < -0.4 is 9.22 Å². The Kier molecular flexibility index (Phi) is 6.63. The van der Waals surface area contributed by atoms with Gasteiger partial charge in [0, 0.05) is 5.56 Å². The standard InChI is InChI=1S/C16H20NO.BF4/c1-17(2,15-7-5-4-6-8-15)13-14-9-11-16(18-3)12-10-14;2-1(3,4)5/h4-12H,13H2,1-3H3;/q+1;-1. The van der Waals surface area contributed by atoms with Crippen LogP contribution in [0, 0.1) is 0 Å². The normalized spacial score (nSPS) is 11.4. The quantitative estimate of drug-likeness (QED) is 0.446. The zero-order valence-corrected chi connectivity index (χ0v) is 13.3. The summed E-state index contributed by atoms with van der Waals surface area (Å²) in [6, 6.07) is 18.8. The topological polar surface area (TPSA) is 9.23 Å². The van der Waals surface area contributed by atoms with Crippen molar-refractivity contribution in [3.8, 4) is 5.75 Å². The smallest absolute Gasteiger partial charge is 0.497 e. The minimum atomic E-state index is -6.00. The van der Waals surface area contributed by atoms with Gasteiger partial charge in [-0.1, -0.05) is 18.2 Å². The van der Waals surface area contributed by atoms with Crippen LogP contribution in [0.2, 0.25) is 0 Å². The van der Waals surface area contributed by atoms with Gasteiger partial charge in [-0.2, -0.15) is 0 Å². The summed E-state index contributed by atoms with van der Waals surface area (Å²) >= 11 is 0. The maximum Gasteiger partial charge on any atom is 0.673 e. The van der Waals surface area contributed by atoms with Gasteiger partial charge in [-0.25, -0.2) is 0 Å². The predicted molar refractivity (Wildman–Crippen MR) is 87.0 cm³/mol. The summed E-state index contributed by atoms with van der Waals surface area (Å²) < 4.78 is 45.0. The van der Waals surface area contributed by atoms with E-state index < -0.39 is 7.25 Å². The number of halogens is 4. The third kappa shape index (κ3) is 7.69. The fourth-order valence-corrected chi connectivity index (χ4v) is 2.11. The van der Waals surface area contributed by atoms with E-state index >= 15 is 0 Å². The second-order valence-electron chi connectivity index (χ2n) is 5.52. The van der Waals surface area contributed by atoms with Crippen molar-refractivity contribution in [2.45, 2.75) is 6.54 Å². The average Bonchev–Trinajstić information content (AvgIpc) is 2.47. The van der Waals surface area contributed by atoms with Crippen LogP contribution in [-0.2, 0) is 6.54 Å². The highest BCUT2D eigenvalue weighted by Gasteiger charge is 2.20. The summed E-state index contributed by atoms with van der Waals surface area (Å²) in [5, 5.41) is 0. The first-order valence-electron chi connectivity index (χ1n) is 7.01. The second-order valence-corrected chi connectivity index (χ2v) is 5.52. The molecule has 0 amide bonds. The van der Waals surface area contributed by atoms with Crippen LogP contribution in [0.4, 0.5) is 23.0 Å². The molecule has 0 aliphatic carbocycles. The number of hydrogen-bond acceptors (Lipinski definition) is 1. The van der Waals surface area contributed by atoms with Gasteiger partial charge < -0.3 is 22.0 Å². The summed E-state index contributed by atoms with van der Waals surface area (Å²) in [6.45, 7) is 0.966. The molecule has 0 aliphatic rings. The lowest BCUT2D eigenvalue weighted by molar-refractivity contribution is 0.368. The molecule has 0 unspecified atom stereocenters. The first kappa shape index (κ1) is 19.0. The van der Waals surface area contributed by atoms with Crippen molar-refractivity contribution >= 4 is 12.9 Å². The van der Waals surface area contributed by atoms with Gasteiger partial charge in [-0.3, -0.25) is 4.48 Å². The minimum absolute atomic E-state index is 0.840. The molecular weight excluding hydrogens is 309 g/mol. The van der Waals surface area contributed by atoms with Crippen molar-refractivity contribution in [1.82, 2.24) is 4.48 Å². The molecule has 23 heavy (non-hydrogen) atoms. The Bertz CT molecular complexity index is 579. The molecule has 0 N–H and O–H groups in total. The Morgan fingerprint density at radius 2 is 1.35 bits per heavy atom. The molecule has 2 aromatic rings. The lowest BCUT2D eigenvalue weighted by Crippen LogP contribution is -2.39. The lowest BCUT2D eigenvalue weighted by Gasteiger charge is -2.29. The lowest BCUT2D eigenvalue weighted by atomic mass is 10.1. The van der Waals surface area contributed by atoms with E-state index in [0.717, 1.165) is 16.8 Å². The molecule has 0 heterocycles. The largest absolute Gasteiger partial charge is 0.673 e. The van der Waals surface area contributed by atoms with Gasteiger partial charge in [0.25, 0.3) is 0 Å². The number of quaternary nitrogens is 1. The first-order chi connectivity index (χ1) is 10.6. The first-order valence-corrected chi connectivity index (χ1v) is 7.01. The van der Waals surface area contributed by atoms with Crippen LogP contribution in [-0.4, -0.2) is 28.5 Å². The number of nitrogens with zero attached hydrogens (tertiary/aromatic N) is 1. The molecule has 0 radical (unpaired) electrons. The molecule has 2 aromatic carbocycles. The highest BCUT2D eigenvalue weighted by atomic mass is 19.5. The van der Waals surface area contributed by atoms with E-state index in [1.165, 1.54) is 11.3 Å². The van der Waals surface area contributed by atoms with Gasteiger partial charge in [-0.15, -0.1) is 0 Å². The van der Waals surface area contributed by atoms with Gasteiger partial charge in [0.2, 0.25) is 0 Å². The number of benzene rings is 2. The highest BCUT2D eigenvalue weighted by molar-refractivity contribution is 6.50. The van der Waals surface area contributed by atoms with Crippen molar-refractivity contribution in [3.63, 3.8) is 0 Å². The molecule has 0 aliphatic heterocycles. The van der Waals surface area contributed by atoms with E-state index in [4.69, 9.17) is 4.74 Å². The zero-order chi connectivity index (χ0) is 17.5. The molecular formula is C16H20BF4NO. The predicted octanol–water partition coefficient (Wildman–Crippen LogP) is 4.76. The van der Waals surface area contributed by atoms with Gasteiger partial charge >= 0.3 is 7.25 Å². The summed E-state index contributed by atoms with van der Waals surface area (Å²) in [6.07, 6.45) is 0. The SMILES string of the molecule is COc1ccc(C[N+](C)(C)c2ccccc2)cc1.F[B-](F)(F)F. The molecule has 7 heteroatoms. The van der Waals surface area contributed by atoms with Crippen LogP contribution in [0.1, 0.15) is 5.56 Å². The van der Waals surface area contributed by atoms with Crippen molar-refractivity contribution in [3.05, 3.63) is 60.2 Å². The molecule has 0 atom stereocenters. The number of hydrogen-bond donors (Lipinski definition) is 0. The number of para-hydroxylation sites is 1. The van der Waals surface area contributed by atoms with Crippen LogP contribution in [0.15, 0.2) is 54.6 Å². The van der Waals surface area contributed by atoms with Crippen LogP contribution >= 0.6 is 0 Å². The van der Waals surface area contributed by atoms with E-state index in [0.29, 0.717) is 0 Å². The van der Waals surface area contributed by atoms with Crippen molar-refractivity contribution in [1.29, 1.82) is 0 Å². The molecule has 0 saturated heterocycles. The minimum Gasteiger partial charge on any atom is -0.497 e. The fourth-order valence-electron chi connectivity index (χ4n) is 2.11. The molecule has 0 spiro atoms. The Hall–Kier alpha value is -2.02. The Balaban J connectivity index is 0.000000463. The summed E-state index contributed by atoms with van der Waals surface area (Å²) in [7, 11) is 0.137. The van der Waals surface area contributed by atoms with E-state index in [1.54, 1.807) is 7.11 Å². The number of rotatable bonds is 4. The number of ether oxygens (including phenoxy) is 1. The molecule has 2 rings (SSSR count). The summed E-state index contributed by atoms with van der Waals surface area (Å²) in [5.74, 6) is 0.906. The van der Waals surface area contributed by atoms with E-state index in [-0.39, 0.29) is 0 Å². The molecule has 0 aromatic heterocycles. The summed E-state index contributed by atoms with van der Waals surface area (Å²) in [5.41, 5.74) is 2.62. The Morgan fingerprint density at radius 1 is 0.870 bits per heavy atom. The van der Waals surface area contributed by atoms with Gasteiger partial charge in [0.05, 0.1) is 21.2 Å². The van der Waals surface area contributed by atoms with Crippen molar-refractivity contribution in [2.75, 3.05) is 21.2 Å². The van der Waals surface area contributed by atoms with Crippen LogP contribution in [0.25, 0.3) is 0 Å². The monoisotopic (exact) mass is 329 g/mol. The average molecular weight is 329 g/mol. The molecule has 0 fully saturated rings. The Labute approximate surface area is 134 Å². The second kappa shape index (κ2) is 8.01. The van der Waals surface area contributed by atoms with Gasteiger partial charge in [0.1, 0.15) is 18.0 Å². The molecule has 126 valence electrons. The van der Waals surface area contributed by atoms with E-state index in [1.807, 2.05) is 12.1 Å². The third-order valence-electron chi connectivity index (χ3n) is 3.19. The van der Waals surface area contributed by atoms with Crippen molar-refractivity contribution in [2.24, 2.45) is 0 Å². The molecule has 2 nitrogen and oxygen atoms in total. The van der Waals surface area contributed by atoms with Crippen molar-refractivity contribution < 1.29 is 22.0 Å². The molecule has 0 saturated carbocycles. The van der Waals surface area contributed by atoms with E-state index in [2.05, 4.69) is 56.6 Å². The Morgan fingerprint density at radius 3 is 1.78 bits per heavy atom. The fraction of sp³-hybridized carbons (Fsp3) is 0.250. The third-order valence-corrected chi connectivity index (χ3v) is 3.19. The van der Waals surface area contributed by atoms with E-state index in [9.17, 15) is 17.3 Å². The number of methoxy groups -OCH3 is 1. The summed E-state index contributed by atoms with van der Waals surface area (Å²) in [4.78, 5) is 0. The van der Waals surface area contributed by atoms with Gasteiger partial charge in [0.15, 0.2) is 0 Å². The zero-order valence-electron chi connectivity index (χ0n) is 13.3.